The third-order valence-corrected chi connectivity index (χ3v) is 2.09. The molecule has 0 saturated heterocycles. The molecule has 0 amide bonds. The molecule has 1 aromatic carbocycles. The largest absolute Gasteiger partial charge is 0.480 e. The van der Waals surface area contributed by atoms with Crippen LogP contribution in [0.15, 0.2) is 12.1 Å². The zero-order valence-electron chi connectivity index (χ0n) is 8.97. The van der Waals surface area contributed by atoms with E-state index in [0.29, 0.717) is 0 Å². The van der Waals surface area contributed by atoms with Gasteiger partial charge >= 0.3 is 5.97 Å². The van der Waals surface area contributed by atoms with E-state index in [0.717, 1.165) is 6.07 Å². The summed E-state index contributed by atoms with van der Waals surface area (Å²) in [6.45, 7) is 1.39. The van der Waals surface area contributed by atoms with Crippen LogP contribution < -0.4 is 4.74 Å². The minimum absolute atomic E-state index is 0.0823. The predicted molar refractivity (Wildman–Crippen MR) is 59.1 cm³/mol. The number of carboxylic acid groups (broad SMARTS) is 1. The third-order valence-electron chi connectivity index (χ3n) is 2.09. The zero-order valence-corrected chi connectivity index (χ0v) is 8.97. The highest BCUT2D eigenvalue weighted by molar-refractivity contribution is 5.89. The molecule has 0 saturated carbocycles. The molecule has 0 aliphatic carbocycles. The number of carbonyl (C=O) groups is 1. The normalized spacial score (nSPS) is 9.41. The molecule has 17 heavy (non-hydrogen) atoms. The van der Waals surface area contributed by atoms with E-state index >= 15 is 0 Å². The van der Waals surface area contributed by atoms with E-state index in [2.05, 4.69) is 5.92 Å². The molecule has 1 N–H and O–H groups in total. The molecule has 0 atom stereocenters. The number of nitro benzene ring substituents is 1. The number of carboxylic acids is 1. The number of nitro groups is 1. The van der Waals surface area contributed by atoms with Gasteiger partial charge in [0, 0.05) is 6.07 Å². The second kappa shape index (κ2) is 4.99. The average Bonchev–Trinajstić information content (AvgIpc) is 2.26. The van der Waals surface area contributed by atoms with Crippen LogP contribution in [-0.4, -0.2) is 22.6 Å². The number of nitrogens with zero attached hydrogens (tertiary/aromatic N) is 1. The SMILES string of the molecule is C#CCOc1cc(C(=O)O)cc([N+](=O)[O-])c1C. The van der Waals surface area contributed by atoms with Crippen molar-refractivity contribution < 1.29 is 19.6 Å². The van der Waals surface area contributed by atoms with Crippen molar-refractivity contribution in [2.45, 2.75) is 6.92 Å². The molecule has 0 fully saturated rings. The lowest BCUT2D eigenvalue weighted by atomic mass is 10.1. The van der Waals surface area contributed by atoms with E-state index in [-0.39, 0.29) is 29.2 Å². The molecule has 0 aromatic heterocycles. The molecule has 1 rings (SSSR count). The van der Waals surface area contributed by atoms with Gasteiger partial charge in [-0.1, -0.05) is 5.92 Å². The Labute approximate surface area is 97.0 Å². The first kappa shape index (κ1) is 12.5. The second-order valence-electron chi connectivity index (χ2n) is 3.17. The maximum absolute atomic E-state index is 10.8. The summed E-state index contributed by atoms with van der Waals surface area (Å²) in [5.74, 6) is 1.04. The van der Waals surface area contributed by atoms with Crippen molar-refractivity contribution in [1.29, 1.82) is 0 Å². The summed E-state index contributed by atoms with van der Waals surface area (Å²) in [7, 11) is 0. The number of aromatic carboxylic acids is 1. The Morgan fingerprint density at radius 1 is 1.65 bits per heavy atom. The minimum atomic E-state index is -1.27. The van der Waals surface area contributed by atoms with E-state index in [1.54, 1.807) is 0 Å². The van der Waals surface area contributed by atoms with Crippen LogP contribution in [0.4, 0.5) is 5.69 Å². The summed E-state index contributed by atoms with van der Waals surface area (Å²) >= 11 is 0. The number of hydrogen-bond acceptors (Lipinski definition) is 4. The van der Waals surface area contributed by atoms with Gasteiger partial charge < -0.3 is 9.84 Å². The number of rotatable bonds is 4. The van der Waals surface area contributed by atoms with E-state index in [1.807, 2.05) is 0 Å². The van der Waals surface area contributed by atoms with Gasteiger partial charge in [0.05, 0.1) is 16.1 Å². The van der Waals surface area contributed by atoms with Crippen molar-refractivity contribution in [3.8, 4) is 18.1 Å². The standard InChI is InChI=1S/C11H9NO5/c1-3-4-17-10-6-8(11(13)14)5-9(7(10)2)12(15)16/h1,5-6H,4H2,2H3,(H,13,14). The molecule has 0 bridgehead atoms. The van der Waals surface area contributed by atoms with Gasteiger partial charge in [0.15, 0.2) is 0 Å². The van der Waals surface area contributed by atoms with Crippen molar-refractivity contribution >= 4 is 11.7 Å². The van der Waals surface area contributed by atoms with Gasteiger partial charge in [-0.3, -0.25) is 10.1 Å². The van der Waals surface area contributed by atoms with Crippen molar-refractivity contribution in [3.63, 3.8) is 0 Å². The summed E-state index contributed by atoms with van der Waals surface area (Å²) in [5, 5.41) is 19.6. The van der Waals surface area contributed by atoms with Crippen LogP contribution in [0.1, 0.15) is 15.9 Å². The molecule has 0 radical (unpaired) electrons. The maximum Gasteiger partial charge on any atom is 0.336 e. The quantitative estimate of drug-likeness (QED) is 0.486. The van der Waals surface area contributed by atoms with Gasteiger partial charge in [-0.25, -0.2) is 4.79 Å². The van der Waals surface area contributed by atoms with Crippen molar-refractivity contribution in [1.82, 2.24) is 0 Å². The van der Waals surface area contributed by atoms with Crippen molar-refractivity contribution in [3.05, 3.63) is 33.4 Å². The van der Waals surface area contributed by atoms with Gasteiger partial charge in [-0.15, -0.1) is 6.42 Å². The third kappa shape index (κ3) is 2.72. The first-order valence-electron chi connectivity index (χ1n) is 4.56. The molecule has 1 aromatic rings. The minimum Gasteiger partial charge on any atom is -0.480 e. The van der Waals surface area contributed by atoms with Gasteiger partial charge in [-0.05, 0) is 13.0 Å². The van der Waals surface area contributed by atoms with Crippen molar-refractivity contribution in [2.24, 2.45) is 0 Å². The molecule has 0 aliphatic heterocycles. The fourth-order valence-electron chi connectivity index (χ4n) is 1.26. The number of hydrogen-bond donors (Lipinski definition) is 1. The fourth-order valence-corrected chi connectivity index (χ4v) is 1.26. The average molecular weight is 235 g/mol. The van der Waals surface area contributed by atoms with Crippen LogP contribution in [0, 0.1) is 29.4 Å². The fraction of sp³-hybridized carbons (Fsp3) is 0.182. The van der Waals surface area contributed by atoms with Crippen molar-refractivity contribution in [2.75, 3.05) is 6.61 Å². The highest BCUT2D eigenvalue weighted by Gasteiger charge is 2.19. The Morgan fingerprint density at radius 2 is 2.29 bits per heavy atom. The topological polar surface area (TPSA) is 89.7 Å². The smallest absolute Gasteiger partial charge is 0.336 e. The Bertz CT molecular complexity index is 515. The van der Waals surface area contributed by atoms with Crippen LogP contribution in [0.3, 0.4) is 0 Å². The Hall–Kier alpha value is -2.55. The van der Waals surface area contributed by atoms with Gasteiger partial charge in [-0.2, -0.15) is 0 Å². The Morgan fingerprint density at radius 3 is 2.76 bits per heavy atom. The van der Waals surface area contributed by atoms with E-state index in [1.165, 1.54) is 13.0 Å². The summed E-state index contributed by atoms with van der Waals surface area (Å²) in [6, 6.07) is 2.20. The van der Waals surface area contributed by atoms with Crippen LogP contribution in [0.25, 0.3) is 0 Å². The predicted octanol–water partition coefficient (Wildman–Crippen LogP) is 1.61. The first-order chi connectivity index (χ1) is 7.97. The highest BCUT2D eigenvalue weighted by atomic mass is 16.6. The molecule has 88 valence electrons. The van der Waals surface area contributed by atoms with Gasteiger partial charge in [0.25, 0.3) is 5.69 Å². The van der Waals surface area contributed by atoms with E-state index < -0.39 is 10.9 Å². The summed E-state index contributed by atoms with van der Waals surface area (Å²) < 4.78 is 5.06. The van der Waals surface area contributed by atoms with Crippen LogP contribution in [0.2, 0.25) is 0 Å². The molecule has 6 nitrogen and oxygen atoms in total. The van der Waals surface area contributed by atoms with Gasteiger partial charge in [0.1, 0.15) is 12.4 Å². The lowest BCUT2D eigenvalue weighted by molar-refractivity contribution is -0.385. The highest BCUT2D eigenvalue weighted by Crippen LogP contribution is 2.29. The van der Waals surface area contributed by atoms with Gasteiger partial charge in [0.2, 0.25) is 0 Å². The lowest BCUT2D eigenvalue weighted by Gasteiger charge is -2.08. The monoisotopic (exact) mass is 235 g/mol. The van der Waals surface area contributed by atoms with E-state index in [4.69, 9.17) is 16.3 Å². The molecule has 0 unspecified atom stereocenters. The second-order valence-corrected chi connectivity index (χ2v) is 3.17. The number of benzene rings is 1. The lowest BCUT2D eigenvalue weighted by Crippen LogP contribution is -2.04. The summed E-state index contributed by atoms with van der Waals surface area (Å²) in [5.41, 5.74) is -0.276. The molecule has 6 heteroatoms. The Kier molecular flexibility index (Phi) is 3.67. The number of terminal acetylenes is 1. The zero-order chi connectivity index (χ0) is 13.0. The first-order valence-corrected chi connectivity index (χ1v) is 4.56. The molecular formula is C11H9NO5. The van der Waals surface area contributed by atoms with E-state index in [9.17, 15) is 14.9 Å². The molecule has 0 aliphatic rings. The Balaban J connectivity index is 3.33. The molecule has 0 heterocycles. The van der Waals surface area contributed by atoms with Crippen LogP contribution in [-0.2, 0) is 0 Å². The summed E-state index contributed by atoms with van der Waals surface area (Å²) in [6.07, 6.45) is 5.00. The molecular weight excluding hydrogens is 226 g/mol. The van der Waals surface area contributed by atoms with Crippen LogP contribution in [0.5, 0.6) is 5.75 Å². The summed E-state index contributed by atoms with van der Waals surface area (Å²) in [4.78, 5) is 20.9. The van der Waals surface area contributed by atoms with Crippen LogP contribution >= 0.6 is 0 Å². The molecule has 0 spiro atoms. The maximum atomic E-state index is 10.8. The number of ether oxygens (including phenoxy) is 1.